The summed E-state index contributed by atoms with van der Waals surface area (Å²) in [6, 6.07) is 5.82. The maximum Gasteiger partial charge on any atom is 0.254 e. The van der Waals surface area contributed by atoms with E-state index in [0.29, 0.717) is 11.5 Å². The van der Waals surface area contributed by atoms with E-state index in [1.165, 1.54) is 0 Å². The summed E-state index contributed by atoms with van der Waals surface area (Å²) in [5.41, 5.74) is 0.697. The second kappa shape index (κ2) is 6.01. The predicted octanol–water partition coefficient (Wildman–Crippen LogP) is 4.33. The monoisotopic (exact) mass is 361 g/mol. The van der Waals surface area contributed by atoms with Crippen molar-refractivity contribution in [3.8, 4) is 0 Å². The largest absolute Gasteiger partial charge is 0.339 e. The van der Waals surface area contributed by atoms with E-state index >= 15 is 0 Å². The van der Waals surface area contributed by atoms with Gasteiger partial charge in [0.25, 0.3) is 5.91 Å². The molecule has 0 aliphatic rings. The summed E-state index contributed by atoms with van der Waals surface area (Å²) < 4.78 is 1.78. The van der Waals surface area contributed by atoms with Crippen molar-refractivity contribution >= 4 is 37.8 Å². The molecule has 0 N–H and O–H groups in total. The normalized spacial score (nSPS) is 12.6. The zero-order valence-corrected chi connectivity index (χ0v) is 13.7. The Balaban J connectivity index is 2.96. The molecule has 1 amide bonds. The number of nitrogens with zero attached hydrogens (tertiary/aromatic N) is 1. The number of halogens is 2. The van der Waals surface area contributed by atoms with E-state index in [9.17, 15) is 4.79 Å². The molecule has 94 valence electrons. The highest BCUT2D eigenvalue weighted by atomic mass is 79.9. The summed E-state index contributed by atoms with van der Waals surface area (Å²) in [6.07, 6.45) is 0. The fourth-order valence-corrected chi connectivity index (χ4v) is 2.70. The molecule has 1 unspecified atom stereocenters. The van der Waals surface area contributed by atoms with Crippen LogP contribution in [-0.4, -0.2) is 23.9 Å². The van der Waals surface area contributed by atoms with E-state index in [1.807, 2.05) is 25.2 Å². The van der Waals surface area contributed by atoms with E-state index < -0.39 is 0 Å². The molecule has 0 aromatic heterocycles. The summed E-state index contributed by atoms with van der Waals surface area (Å²) >= 11 is 6.80. The fourth-order valence-electron chi connectivity index (χ4n) is 1.49. The van der Waals surface area contributed by atoms with Gasteiger partial charge in [0.2, 0.25) is 0 Å². The summed E-state index contributed by atoms with van der Waals surface area (Å²) in [7, 11) is 1.85. The third-order valence-electron chi connectivity index (χ3n) is 3.06. The van der Waals surface area contributed by atoms with Crippen LogP contribution in [0.1, 0.15) is 31.1 Å². The van der Waals surface area contributed by atoms with Crippen molar-refractivity contribution in [2.24, 2.45) is 5.92 Å². The lowest BCUT2D eigenvalue weighted by molar-refractivity contribution is 0.0706. The van der Waals surface area contributed by atoms with Crippen LogP contribution in [0, 0.1) is 5.92 Å². The van der Waals surface area contributed by atoms with Gasteiger partial charge in [0.05, 0.1) is 5.56 Å². The molecule has 0 aliphatic heterocycles. The molecule has 2 nitrogen and oxygen atoms in total. The van der Waals surface area contributed by atoms with Gasteiger partial charge in [-0.25, -0.2) is 0 Å². The summed E-state index contributed by atoms with van der Waals surface area (Å²) in [6.45, 7) is 6.30. The predicted molar refractivity (Wildman–Crippen MR) is 78.2 cm³/mol. The van der Waals surface area contributed by atoms with Gasteiger partial charge in [-0.3, -0.25) is 4.79 Å². The van der Waals surface area contributed by atoms with Crippen LogP contribution in [-0.2, 0) is 0 Å². The molecule has 0 heterocycles. The number of hydrogen-bond acceptors (Lipinski definition) is 1. The molecule has 1 aromatic rings. The molecule has 0 saturated heterocycles. The Hall–Kier alpha value is -0.350. The molecule has 0 aliphatic carbocycles. The van der Waals surface area contributed by atoms with Gasteiger partial charge in [0.1, 0.15) is 0 Å². The van der Waals surface area contributed by atoms with E-state index in [-0.39, 0.29) is 11.9 Å². The maximum atomic E-state index is 12.3. The quantitative estimate of drug-likeness (QED) is 0.783. The van der Waals surface area contributed by atoms with Crippen molar-refractivity contribution in [1.82, 2.24) is 4.90 Å². The molecular weight excluding hydrogens is 346 g/mol. The lowest BCUT2D eigenvalue weighted by Gasteiger charge is -2.28. The van der Waals surface area contributed by atoms with Crippen molar-refractivity contribution < 1.29 is 4.79 Å². The van der Waals surface area contributed by atoms with Crippen LogP contribution in [0.3, 0.4) is 0 Å². The average molecular weight is 363 g/mol. The van der Waals surface area contributed by atoms with Crippen LogP contribution in [0.25, 0.3) is 0 Å². The summed E-state index contributed by atoms with van der Waals surface area (Å²) in [5, 5.41) is 0. The Morgan fingerprint density at radius 3 is 2.29 bits per heavy atom. The molecule has 17 heavy (non-hydrogen) atoms. The van der Waals surface area contributed by atoms with E-state index in [2.05, 4.69) is 52.6 Å². The Morgan fingerprint density at radius 1 is 1.24 bits per heavy atom. The van der Waals surface area contributed by atoms with Crippen LogP contribution in [0.15, 0.2) is 27.1 Å². The molecule has 1 atom stereocenters. The zero-order valence-electron chi connectivity index (χ0n) is 10.5. The zero-order chi connectivity index (χ0) is 13.2. The van der Waals surface area contributed by atoms with Crippen LogP contribution in [0.2, 0.25) is 0 Å². The molecule has 0 fully saturated rings. The third-order valence-corrected chi connectivity index (χ3v) is 4.21. The van der Waals surface area contributed by atoms with Crippen molar-refractivity contribution in [2.45, 2.75) is 26.8 Å². The smallest absolute Gasteiger partial charge is 0.254 e. The molecule has 0 bridgehead atoms. The van der Waals surface area contributed by atoms with Gasteiger partial charge < -0.3 is 4.90 Å². The highest BCUT2D eigenvalue weighted by Gasteiger charge is 2.21. The second-order valence-electron chi connectivity index (χ2n) is 4.52. The molecule has 0 spiro atoms. The van der Waals surface area contributed by atoms with Gasteiger partial charge >= 0.3 is 0 Å². The first-order valence-electron chi connectivity index (χ1n) is 5.56. The first-order valence-corrected chi connectivity index (χ1v) is 7.15. The number of hydrogen-bond donors (Lipinski definition) is 0. The number of rotatable bonds is 3. The van der Waals surface area contributed by atoms with E-state index in [1.54, 1.807) is 4.90 Å². The Labute approximate surface area is 120 Å². The molecule has 4 heteroatoms. The lowest BCUT2D eigenvalue weighted by Crippen LogP contribution is -2.38. The summed E-state index contributed by atoms with van der Waals surface area (Å²) in [5.74, 6) is 0.490. The maximum absolute atomic E-state index is 12.3. The average Bonchev–Trinajstić information content (AvgIpc) is 2.26. The van der Waals surface area contributed by atoms with Crippen LogP contribution in [0.5, 0.6) is 0 Å². The molecule has 1 rings (SSSR count). The highest BCUT2D eigenvalue weighted by molar-refractivity contribution is 9.11. The van der Waals surface area contributed by atoms with Gasteiger partial charge in [-0.05, 0) is 47.0 Å². The lowest BCUT2D eigenvalue weighted by atomic mass is 10.0. The van der Waals surface area contributed by atoms with Crippen molar-refractivity contribution in [1.29, 1.82) is 0 Å². The van der Waals surface area contributed by atoms with Gasteiger partial charge in [-0.1, -0.05) is 29.8 Å². The van der Waals surface area contributed by atoms with Gasteiger partial charge in [0, 0.05) is 22.0 Å². The Bertz CT molecular complexity index is 418. The van der Waals surface area contributed by atoms with Crippen LogP contribution < -0.4 is 0 Å². The van der Waals surface area contributed by atoms with E-state index in [4.69, 9.17) is 0 Å². The minimum Gasteiger partial charge on any atom is -0.339 e. The highest BCUT2D eigenvalue weighted by Crippen LogP contribution is 2.24. The third kappa shape index (κ3) is 3.55. The molecular formula is C13H17Br2NO. The fraction of sp³-hybridized carbons (Fsp3) is 0.462. The van der Waals surface area contributed by atoms with Crippen molar-refractivity contribution in [3.63, 3.8) is 0 Å². The number of amides is 1. The minimum atomic E-state index is 0.0468. The minimum absolute atomic E-state index is 0.0468. The van der Waals surface area contributed by atoms with Crippen LogP contribution in [0.4, 0.5) is 0 Å². The van der Waals surface area contributed by atoms with Gasteiger partial charge in [0.15, 0.2) is 0 Å². The van der Waals surface area contributed by atoms with Gasteiger partial charge in [-0.15, -0.1) is 0 Å². The second-order valence-corrected chi connectivity index (χ2v) is 6.29. The topological polar surface area (TPSA) is 20.3 Å². The number of carbonyl (C=O) groups is 1. The number of carbonyl (C=O) groups excluding carboxylic acids is 1. The Kier molecular flexibility index (Phi) is 5.20. The van der Waals surface area contributed by atoms with Crippen LogP contribution >= 0.6 is 31.9 Å². The standard InChI is InChI=1S/C13H17Br2NO/c1-8(2)9(3)16(4)13(17)11-6-5-10(14)7-12(11)15/h5-9H,1-4H3. The summed E-state index contributed by atoms with van der Waals surface area (Å²) in [4.78, 5) is 14.1. The van der Waals surface area contributed by atoms with E-state index in [0.717, 1.165) is 8.95 Å². The van der Waals surface area contributed by atoms with Gasteiger partial charge in [-0.2, -0.15) is 0 Å². The molecule has 0 saturated carbocycles. The molecule has 0 radical (unpaired) electrons. The SMILES string of the molecule is CC(C)C(C)N(C)C(=O)c1ccc(Br)cc1Br. The number of benzene rings is 1. The van der Waals surface area contributed by atoms with Crippen molar-refractivity contribution in [3.05, 3.63) is 32.7 Å². The first kappa shape index (κ1) is 14.7. The Morgan fingerprint density at radius 2 is 1.82 bits per heavy atom. The molecule has 1 aromatic carbocycles. The van der Waals surface area contributed by atoms with Crippen molar-refractivity contribution in [2.75, 3.05) is 7.05 Å². The first-order chi connectivity index (χ1) is 7.84.